The number of carbonyl (C=O) groups excluding carboxylic acids is 2. The van der Waals surface area contributed by atoms with Crippen molar-refractivity contribution in [2.45, 2.75) is 70.2 Å². The van der Waals surface area contributed by atoms with Crippen LogP contribution < -0.4 is 0 Å². The van der Waals surface area contributed by atoms with Crippen molar-refractivity contribution in [3.8, 4) is 0 Å². The number of halogens is 3. The molecule has 4 nitrogen and oxygen atoms in total. The first-order valence-electron chi connectivity index (χ1n) is 16.0. The first-order chi connectivity index (χ1) is 22.1. The molecule has 1 aliphatic heterocycles. The van der Waals surface area contributed by atoms with Crippen LogP contribution in [0.5, 0.6) is 0 Å². The van der Waals surface area contributed by atoms with Gasteiger partial charge in [-0.1, -0.05) is 78.9 Å². The Morgan fingerprint density at radius 1 is 0.870 bits per heavy atom. The topological polar surface area (TPSA) is 57.6 Å². The molecule has 4 aromatic rings. The van der Waals surface area contributed by atoms with Crippen LogP contribution in [0.3, 0.4) is 0 Å². The van der Waals surface area contributed by atoms with E-state index in [4.69, 9.17) is 0 Å². The minimum atomic E-state index is -4.41. The van der Waals surface area contributed by atoms with Gasteiger partial charge in [-0.15, -0.1) is 0 Å². The van der Waals surface area contributed by atoms with Crippen LogP contribution in [0.2, 0.25) is 0 Å². The van der Waals surface area contributed by atoms with E-state index in [0.717, 1.165) is 41.7 Å². The van der Waals surface area contributed by atoms with Crippen LogP contribution >= 0.6 is 0 Å². The summed E-state index contributed by atoms with van der Waals surface area (Å²) in [5.41, 5.74) is 3.68. The van der Waals surface area contributed by atoms with Gasteiger partial charge in [-0.2, -0.15) is 13.2 Å². The molecule has 0 saturated carbocycles. The lowest BCUT2D eigenvalue weighted by atomic mass is 9.85. The predicted molar refractivity (Wildman–Crippen MR) is 174 cm³/mol. The molecule has 0 aromatic heterocycles. The lowest BCUT2D eigenvalue weighted by Crippen LogP contribution is -2.31. The Bertz CT molecular complexity index is 1620. The van der Waals surface area contributed by atoms with Gasteiger partial charge in [0.2, 0.25) is 0 Å². The van der Waals surface area contributed by atoms with Crippen LogP contribution in [0.25, 0.3) is 0 Å². The summed E-state index contributed by atoms with van der Waals surface area (Å²) in [5, 5.41) is 11.3. The summed E-state index contributed by atoms with van der Waals surface area (Å²) in [7, 11) is 0. The summed E-state index contributed by atoms with van der Waals surface area (Å²) < 4.78 is 39.5. The number of aliphatic hydroxyl groups is 1. The van der Waals surface area contributed by atoms with Gasteiger partial charge in [0.15, 0.2) is 5.78 Å². The fourth-order valence-electron chi connectivity index (χ4n) is 6.54. The maximum Gasteiger partial charge on any atom is 0.416 e. The monoisotopic (exact) mass is 627 g/mol. The van der Waals surface area contributed by atoms with E-state index >= 15 is 0 Å². The van der Waals surface area contributed by atoms with Gasteiger partial charge >= 0.3 is 6.18 Å². The smallest absolute Gasteiger partial charge is 0.393 e. The highest BCUT2D eigenvalue weighted by atomic mass is 19.4. The quantitative estimate of drug-likeness (QED) is 0.160. The minimum Gasteiger partial charge on any atom is -0.393 e. The van der Waals surface area contributed by atoms with E-state index < -0.39 is 23.8 Å². The molecule has 5 rings (SSSR count). The number of Topliss-reactive ketones (excluding diaryl/α,β-unsaturated/α-hetero) is 1. The Labute approximate surface area is 268 Å². The van der Waals surface area contributed by atoms with Gasteiger partial charge in [-0.05, 0) is 97.9 Å². The number of ketones is 1. The fourth-order valence-corrected chi connectivity index (χ4v) is 6.54. The highest BCUT2D eigenvalue weighted by molar-refractivity contribution is 6.01. The Balaban J connectivity index is 1.29. The SMILES string of the molecule is Cc1cc(C(=O)C[C@@H](Cc2ccccc2)[C@H](O)CCCc2cccc(C(F)(F)F)c2)cc(C(=O)N2CCCC2c2ccccc2)c1. The number of aliphatic hydroxyl groups excluding tert-OH is 1. The third kappa shape index (κ3) is 8.52. The number of amides is 1. The van der Waals surface area contributed by atoms with E-state index in [9.17, 15) is 27.9 Å². The van der Waals surface area contributed by atoms with Gasteiger partial charge in [-0.25, -0.2) is 0 Å². The Kier molecular flexibility index (Phi) is 10.7. The molecule has 0 bridgehead atoms. The summed E-state index contributed by atoms with van der Waals surface area (Å²) in [5.74, 6) is -0.659. The molecule has 1 N–H and O–H groups in total. The van der Waals surface area contributed by atoms with Crippen LogP contribution in [0.4, 0.5) is 13.2 Å². The molecule has 240 valence electrons. The van der Waals surface area contributed by atoms with Crippen LogP contribution in [0.1, 0.15) is 86.7 Å². The second kappa shape index (κ2) is 14.9. The van der Waals surface area contributed by atoms with Crippen LogP contribution in [-0.4, -0.2) is 34.3 Å². The first-order valence-corrected chi connectivity index (χ1v) is 16.0. The molecule has 1 fully saturated rings. The van der Waals surface area contributed by atoms with Gasteiger partial charge < -0.3 is 10.0 Å². The second-order valence-electron chi connectivity index (χ2n) is 12.4. The number of carbonyl (C=O) groups is 2. The number of rotatable bonds is 12. The molecule has 1 unspecified atom stereocenters. The average molecular weight is 628 g/mol. The van der Waals surface area contributed by atoms with Crippen molar-refractivity contribution >= 4 is 11.7 Å². The van der Waals surface area contributed by atoms with Crippen molar-refractivity contribution in [1.29, 1.82) is 0 Å². The zero-order valence-electron chi connectivity index (χ0n) is 26.0. The molecule has 1 amide bonds. The lowest BCUT2D eigenvalue weighted by Gasteiger charge is -2.26. The molecule has 0 radical (unpaired) electrons. The molecule has 0 spiro atoms. The van der Waals surface area contributed by atoms with Crippen LogP contribution in [-0.2, 0) is 19.0 Å². The summed E-state index contributed by atoms with van der Waals surface area (Å²) in [6.45, 7) is 2.53. The highest BCUT2D eigenvalue weighted by Gasteiger charge is 2.32. The van der Waals surface area contributed by atoms with Crippen molar-refractivity contribution in [1.82, 2.24) is 4.90 Å². The van der Waals surface area contributed by atoms with Crippen molar-refractivity contribution in [2.24, 2.45) is 5.92 Å². The number of hydrogen-bond acceptors (Lipinski definition) is 3. The van der Waals surface area contributed by atoms with Gasteiger partial charge in [0.25, 0.3) is 5.91 Å². The first kappa shape index (κ1) is 33.1. The number of hydrogen-bond donors (Lipinski definition) is 1. The van der Waals surface area contributed by atoms with Gasteiger partial charge in [-0.3, -0.25) is 9.59 Å². The van der Waals surface area contributed by atoms with Gasteiger partial charge in [0.05, 0.1) is 17.7 Å². The van der Waals surface area contributed by atoms with Gasteiger partial charge in [0, 0.05) is 24.1 Å². The third-order valence-corrected chi connectivity index (χ3v) is 8.90. The Morgan fingerprint density at radius 3 is 2.26 bits per heavy atom. The maximum atomic E-state index is 13.8. The number of likely N-dealkylation sites (tertiary alicyclic amines) is 1. The highest BCUT2D eigenvalue weighted by Crippen LogP contribution is 2.34. The van der Waals surface area contributed by atoms with Crippen molar-refractivity contribution < 1.29 is 27.9 Å². The summed E-state index contributed by atoms with van der Waals surface area (Å²) in [4.78, 5) is 29.4. The average Bonchev–Trinajstić information content (AvgIpc) is 3.54. The Morgan fingerprint density at radius 2 is 1.54 bits per heavy atom. The number of alkyl halides is 3. The molecule has 0 aliphatic carbocycles. The molecule has 1 saturated heterocycles. The van der Waals surface area contributed by atoms with E-state index in [2.05, 4.69) is 0 Å². The maximum absolute atomic E-state index is 13.8. The van der Waals surface area contributed by atoms with E-state index in [1.807, 2.05) is 78.6 Å². The van der Waals surface area contributed by atoms with Crippen molar-refractivity contribution in [3.63, 3.8) is 0 Å². The number of benzene rings is 4. The molecule has 4 aromatic carbocycles. The third-order valence-electron chi connectivity index (χ3n) is 8.90. The molecular formula is C39H40F3NO3. The zero-order valence-corrected chi connectivity index (χ0v) is 26.0. The summed E-state index contributed by atoms with van der Waals surface area (Å²) in [6, 6.07) is 30.2. The standard InChI is InChI=1S/C39H40F3NO3/c1-27-21-31(25-33(22-27)38(46)43-20-10-18-35(43)30-15-6-3-7-16-30)37(45)26-32(23-28-11-4-2-5-12-28)36(44)19-9-14-29-13-8-17-34(24-29)39(40,41)42/h2-8,11-13,15-17,21-22,24-25,32,35-36,44H,9-10,14,18-20,23,26H2,1H3/t32-,35?,36-/m1/s1. The lowest BCUT2D eigenvalue weighted by molar-refractivity contribution is -0.137. The summed E-state index contributed by atoms with van der Waals surface area (Å²) >= 11 is 0. The van der Waals surface area contributed by atoms with Gasteiger partial charge in [0.1, 0.15) is 0 Å². The molecule has 1 heterocycles. The normalized spacial score (nSPS) is 16.3. The van der Waals surface area contributed by atoms with Crippen LogP contribution in [0, 0.1) is 12.8 Å². The largest absolute Gasteiger partial charge is 0.416 e. The summed E-state index contributed by atoms with van der Waals surface area (Å²) in [6.07, 6.45) is -1.69. The number of aryl methyl sites for hydroxylation is 2. The van der Waals surface area contributed by atoms with E-state index in [0.29, 0.717) is 48.9 Å². The minimum absolute atomic E-state index is 0.00491. The zero-order chi connectivity index (χ0) is 32.7. The van der Waals surface area contributed by atoms with E-state index in [1.54, 1.807) is 18.2 Å². The predicted octanol–water partition coefficient (Wildman–Crippen LogP) is 8.81. The molecule has 46 heavy (non-hydrogen) atoms. The van der Waals surface area contributed by atoms with E-state index in [1.165, 1.54) is 6.07 Å². The van der Waals surface area contributed by atoms with E-state index in [-0.39, 0.29) is 24.2 Å². The second-order valence-corrected chi connectivity index (χ2v) is 12.4. The van der Waals surface area contributed by atoms with Crippen LogP contribution in [0.15, 0.2) is 103 Å². The Hall–Kier alpha value is -4.23. The van der Waals surface area contributed by atoms with Crippen molar-refractivity contribution in [2.75, 3.05) is 6.54 Å². The molecule has 1 aliphatic rings. The molecular weight excluding hydrogens is 587 g/mol. The van der Waals surface area contributed by atoms with Crippen molar-refractivity contribution in [3.05, 3.63) is 142 Å². The fraction of sp³-hybridized carbons (Fsp3) is 0.333. The molecule has 7 heteroatoms. The number of nitrogens with zero attached hydrogens (tertiary/aromatic N) is 1. The molecule has 3 atom stereocenters.